The van der Waals surface area contributed by atoms with Crippen LogP contribution in [0.15, 0.2) is 54.6 Å². The summed E-state index contributed by atoms with van der Waals surface area (Å²) >= 11 is 0. The third-order valence-electron chi connectivity index (χ3n) is 5.36. The zero-order valence-corrected chi connectivity index (χ0v) is 19.4. The first kappa shape index (κ1) is 24.5. The number of methoxy groups -OCH3 is 1. The summed E-state index contributed by atoms with van der Waals surface area (Å²) in [6.07, 6.45) is -0.0825. The van der Waals surface area contributed by atoms with Gasteiger partial charge < -0.3 is 14.6 Å². The fraction of sp³-hybridized carbons (Fsp3) is 0.240. The van der Waals surface area contributed by atoms with E-state index < -0.39 is 17.9 Å². The summed E-state index contributed by atoms with van der Waals surface area (Å²) in [5.41, 5.74) is 8.07. The predicted octanol–water partition coefficient (Wildman–Crippen LogP) is 3.27. The fourth-order valence-corrected chi connectivity index (χ4v) is 3.74. The molecule has 3 rings (SSSR count). The second-order valence-electron chi connectivity index (χ2n) is 7.83. The number of benzene rings is 2. The van der Waals surface area contributed by atoms with Crippen molar-refractivity contribution in [2.75, 3.05) is 7.11 Å². The minimum absolute atomic E-state index is 0.0825. The Bertz CT molecular complexity index is 1190. The normalized spacial score (nSPS) is 11.4. The number of ether oxygens (including phenoxy) is 1. The maximum absolute atomic E-state index is 13.3. The van der Waals surface area contributed by atoms with Crippen LogP contribution >= 0.6 is 0 Å². The van der Waals surface area contributed by atoms with Crippen molar-refractivity contribution in [3.63, 3.8) is 0 Å². The largest absolute Gasteiger partial charge is 0.497 e. The summed E-state index contributed by atoms with van der Waals surface area (Å²) in [6, 6.07) is 14.1. The van der Waals surface area contributed by atoms with E-state index in [1.54, 1.807) is 56.5 Å². The van der Waals surface area contributed by atoms with Gasteiger partial charge in [-0.3, -0.25) is 25.2 Å². The molecule has 0 saturated heterocycles. The van der Waals surface area contributed by atoms with E-state index in [1.807, 2.05) is 11.5 Å². The van der Waals surface area contributed by atoms with Gasteiger partial charge in [0.2, 0.25) is 11.8 Å². The molecule has 0 saturated carbocycles. The van der Waals surface area contributed by atoms with Crippen molar-refractivity contribution in [2.45, 2.75) is 33.2 Å². The van der Waals surface area contributed by atoms with E-state index in [2.05, 4.69) is 16.2 Å². The number of amides is 3. The Morgan fingerprint density at radius 2 is 1.65 bits per heavy atom. The first-order chi connectivity index (χ1) is 16.2. The Hall–Kier alpha value is -4.14. The average molecular weight is 467 g/mol. The average Bonchev–Trinajstić information content (AvgIpc) is 3.11. The number of carbonyl (C=O) groups is 3. The lowest BCUT2D eigenvalue weighted by Gasteiger charge is -2.18. The van der Waals surface area contributed by atoms with Gasteiger partial charge in [0.05, 0.1) is 25.1 Å². The van der Waals surface area contributed by atoms with Crippen LogP contribution in [0.2, 0.25) is 0 Å². The lowest BCUT2D eigenvalue weighted by molar-refractivity contribution is -0.123. The maximum Gasteiger partial charge on any atom is 0.271 e. The van der Waals surface area contributed by atoms with Crippen molar-refractivity contribution in [2.24, 2.45) is 0 Å². The molecule has 3 aromatic rings. The van der Waals surface area contributed by atoms with Gasteiger partial charge in [0.1, 0.15) is 11.6 Å². The van der Waals surface area contributed by atoms with E-state index in [-0.39, 0.29) is 18.1 Å². The summed E-state index contributed by atoms with van der Waals surface area (Å²) in [6.45, 7) is 4.97. The minimum atomic E-state index is -0.580. The minimum Gasteiger partial charge on any atom is -0.497 e. The van der Waals surface area contributed by atoms with Crippen LogP contribution in [0.1, 0.15) is 46.7 Å². The molecule has 0 aliphatic heterocycles. The van der Waals surface area contributed by atoms with Crippen LogP contribution in [0.25, 0.3) is 5.69 Å². The molecule has 3 N–H and O–H groups in total. The van der Waals surface area contributed by atoms with Crippen LogP contribution < -0.4 is 20.9 Å². The van der Waals surface area contributed by atoms with Crippen LogP contribution in [0.3, 0.4) is 0 Å². The van der Waals surface area contributed by atoms with Gasteiger partial charge in [-0.1, -0.05) is 12.1 Å². The van der Waals surface area contributed by atoms with Crippen molar-refractivity contribution in [3.05, 3.63) is 82.9 Å². The number of hydrazine groups is 1. The van der Waals surface area contributed by atoms with E-state index >= 15 is 0 Å². The Morgan fingerprint density at radius 1 is 1.00 bits per heavy atom. The summed E-state index contributed by atoms with van der Waals surface area (Å²) in [7, 11) is 1.55. The van der Waals surface area contributed by atoms with E-state index in [1.165, 1.54) is 19.1 Å². The number of nitrogens with zero attached hydrogens (tertiary/aromatic N) is 1. The molecule has 0 bridgehead atoms. The zero-order chi connectivity index (χ0) is 24.8. The highest BCUT2D eigenvalue weighted by Gasteiger charge is 2.20. The van der Waals surface area contributed by atoms with Crippen molar-refractivity contribution in [1.29, 1.82) is 0 Å². The molecule has 1 atom stereocenters. The van der Waals surface area contributed by atoms with E-state index in [9.17, 15) is 18.8 Å². The van der Waals surface area contributed by atoms with Gasteiger partial charge in [0, 0.05) is 24.0 Å². The van der Waals surface area contributed by atoms with Gasteiger partial charge in [-0.15, -0.1) is 0 Å². The van der Waals surface area contributed by atoms with Crippen molar-refractivity contribution < 1.29 is 23.5 Å². The van der Waals surface area contributed by atoms with Crippen LogP contribution in [0.5, 0.6) is 5.75 Å². The van der Waals surface area contributed by atoms with Crippen molar-refractivity contribution >= 4 is 17.7 Å². The first-order valence-corrected chi connectivity index (χ1v) is 10.6. The molecule has 8 nitrogen and oxygen atoms in total. The van der Waals surface area contributed by atoms with E-state index in [0.29, 0.717) is 17.0 Å². The Balaban J connectivity index is 1.67. The molecule has 3 amide bonds. The molecular weight excluding hydrogens is 439 g/mol. The third-order valence-corrected chi connectivity index (χ3v) is 5.36. The zero-order valence-electron chi connectivity index (χ0n) is 19.4. The standard InChI is InChI=1S/C25H27FN4O4/c1-15-13-22(16(2)30(15)20-9-7-19(26)8-10-20)25(33)29-28-24(32)14-23(27-17(3)31)18-5-11-21(34-4)12-6-18/h5-13,23H,14H2,1-4H3,(H,27,31)(H,28,32)(H,29,33)/t23-/m1/s1. The molecular formula is C25H27FN4O4. The van der Waals surface area contributed by atoms with Crippen LogP contribution in [-0.4, -0.2) is 29.4 Å². The summed E-state index contributed by atoms with van der Waals surface area (Å²) in [4.78, 5) is 36.9. The van der Waals surface area contributed by atoms with Gasteiger partial charge >= 0.3 is 0 Å². The summed E-state index contributed by atoms with van der Waals surface area (Å²) < 4.78 is 20.2. The second kappa shape index (κ2) is 10.7. The van der Waals surface area contributed by atoms with Crippen LogP contribution in [0.4, 0.5) is 4.39 Å². The quantitative estimate of drug-likeness (QED) is 0.465. The molecule has 0 unspecified atom stereocenters. The molecule has 1 heterocycles. The molecule has 2 aromatic carbocycles. The van der Waals surface area contributed by atoms with Crippen molar-refractivity contribution in [1.82, 2.24) is 20.7 Å². The molecule has 0 radical (unpaired) electrons. The van der Waals surface area contributed by atoms with Crippen molar-refractivity contribution in [3.8, 4) is 11.4 Å². The second-order valence-corrected chi connectivity index (χ2v) is 7.83. The third kappa shape index (κ3) is 5.80. The smallest absolute Gasteiger partial charge is 0.271 e. The molecule has 9 heteroatoms. The highest BCUT2D eigenvalue weighted by atomic mass is 19.1. The first-order valence-electron chi connectivity index (χ1n) is 10.6. The van der Waals surface area contributed by atoms with Gasteiger partial charge in [-0.25, -0.2) is 4.39 Å². The van der Waals surface area contributed by atoms with Gasteiger partial charge in [0.15, 0.2) is 0 Å². The van der Waals surface area contributed by atoms with Gasteiger partial charge in [-0.05, 0) is 61.9 Å². The fourth-order valence-electron chi connectivity index (χ4n) is 3.74. The molecule has 1 aromatic heterocycles. The SMILES string of the molecule is COc1ccc([C@@H](CC(=O)NNC(=O)c2cc(C)n(-c3ccc(F)cc3)c2C)NC(C)=O)cc1. The topological polar surface area (TPSA) is 101 Å². The molecule has 0 fully saturated rings. The lowest BCUT2D eigenvalue weighted by Crippen LogP contribution is -2.43. The van der Waals surface area contributed by atoms with Gasteiger partial charge in [-0.2, -0.15) is 0 Å². The number of hydrogen-bond donors (Lipinski definition) is 3. The lowest BCUT2D eigenvalue weighted by atomic mass is 10.0. The number of aryl methyl sites for hydroxylation is 1. The number of nitrogens with one attached hydrogen (secondary N) is 3. The monoisotopic (exact) mass is 466 g/mol. The van der Waals surface area contributed by atoms with Crippen LogP contribution in [-0.2, 0) is 9.59 Å². The predicted molar refractivity (Wildman–Crippen MR) is 125 cm³/mol. The Labute approximate surface area is 197 Å². The number of aromatic nitrogens is 1. The summed E-state index contributed by atoms with van der Waals surface area (Å²) in [5, 5.41) is 2.74. The number of hydrogen-bond acceptors (Lipinski definition) is 4. The molecule has 0 spiro atoms. The number of carbonyl (C=O) groups excluding carboxylic acids is 3. The molecule has 34 heavy (non-hydrogen) atoms. The molecule has 0 aliphatic rings. The number of halogens is 1. The van der Waals surface area contributed by atoms with E-state index in [0.717, 1.165) is 16.9 Å². The highest BCUT2D eigenvalue weighted by Crippen LogP contribution is 2.22. The number of rotatable bonds is 7. The van der Waals surface area contributed by atoms with E-state index in [4.69, 9.17) is 4.74 Å². The summed E-state index contributed by atoms with van der Waals surface area (Å²) in [5.74, 6) is -0.948. The Morgan fingerprint density at radius 3 is 2.24 bits per heavy atom. The Kier molecular flexibility index (Phi) is 7.68. The van der Waals surface area contributed by atoms with Gasteiger partial charge in [0.25, 0.3) is 5.91 Å². The highest BCUT2D eigenvalue weighted by molar-refractivity contribution is 5.97. The van der Waals surface area contributed by atoms with Crippen LogP contribution in [0, 0.1) is 19.7 Å². The molecule has 0 aliphatic carbocycles. The molecule has 178 valence electrons. The maximum atomic E-state index is 13.3.